The molecule has 3 N–H and O–H groups in total. The Morgan fingerprint density at radius 1 is 1.33 bits per heavy atom. The van der Waals surface area contributed by atoms with Crippen LogP contribution in [0, 0.1) is 0 Å². The van der Waals surface area contributed by atoms with E-state index in [2.05, 4.69) is 10.1 Å². The Balaban J connectivity index is 2.36. The van der Waals surface area contributed by atoms with Crippen LogP contribution in [0.25, 0.3) is 0 Å². The largest absolute Gasteiger partial charge is 0.468 e. The lowest BCUT2D eigenvalue weighted by Crippen LogP contribution is -2.12. The Kier molecular flexibility index (Phi) is 7.71. The van der Waals surface area contributed by atoms with E-state index in [4.69, 9.17) is 28.9 Å². The highest BCUT2D eigenvalue weighted by Crippen LogP contribution is 2.32. The molecule has 1 aromatic rings. The molecule has 0 unspecified atom stereocenters. The highest BCUT2D eigenvalue weighted by Gasteiger charge is 2.11. The predicted molar refractivity (Wildman–Crippen MR) is 88.1 cm³/mol. The molecule has 1 amide bonds. The normalized spacial score (nSPS) is 10.2. The fourth-order valence-corrected chi connectivity index (χ4v) is 2.84. The van der Waals surface area contributed by atoms with Crippen LogP contribution in [0.15, 0.2) is 12.1 Å². The molecule has 0 radical (unpaired) electrons. The number of methoxy groups -OCH3 is 1. The molecule has 0 saturated carbocycles. The van der Waals surface area contributed by atoms with Gasteiger partial charge >= 0.3 is 5.97 Å². The second kappa shape index (κ2) is 9.02. The summed E-state index contributed by atoms with van der Waals surface area (Å²) in [6, 6.07) is 3.05. The van der Waals surface area contributed by atoms with Crippen LogP contribution in [0.1, 0.15) is 12.8 Å². The summed E-state index contributed by atoms with van der Waals surface area (Å²) < 4.78 is 4.51. The number of nitrogens with two attached hydrogens (primary N) is 1. The van der Waals surface area contributed by atoms with E-state index in [0.29, 0.717) is 40.0 Å². The summed E-state index contributed by atoms with van der Waals surface area (Å²) in [4.78, 5) is 22.7. The third-order valence-electron chi connectivity index (χ3n) is 2.47. The van der Waals surface area contributed by atoms with Gasteiger partial charge in [-0.3, -0.25) is 9.59 Å². The second-order valence-electron chi connectivity index (χ2n) is 4.14. The van der Waals surface area contributed by atoms with Gasteiger partial charge in [0, 0.05) is 12.1 Å². The van der Waals surface area contributed by atoms with Gasteiger partial charge in [0.15, 0.2) is 0 Å². The summed E-state index contributed by atoms with van der Waals surface area (Å²) in [6.07, 6.45) is 0.947. The topological polar surface area (TPSA) is 81.4 Å². The minimum atomic E-state index is -0.273. The van der Waals surface area contributed by atoms with Crippen molar-refractivity contribution in [3.8, 4) is 0 Å². The number of benzene rings is 1. The van der Waals surface area contributed by atoms with Crippen molar-refractivity contribution in [3.63, 3.8) is 0 Å². The number of amides is 1. The maximum absolute atomic E-state index is 11.8. The van der Waals surface area contributed by atoms with Crippen LogP contribution in [-0.4, -0.2) is 30.5 Å². The van der Waals surface area contributed by atoms with E-state index >= 15 is 0 Å². The maximum Gasteiger partial charge on any atom is 0.315 e. The molecule has 0 fully saturated rings. The third kappa shape index (κ3) is 6.46. The van der Waals surface area contributed by atoms with Gasteiger partial charge in [-0.2, -0.15) is 11.8 Å². The minimum Gasteiger partial charge on any atom is -0.468 e. The maximum atomic E-state index is 11.8. The molecule has 5 nitrogen and oxygen atoms in total. The van der Waals surface area contributed by atoms with Crippen molar-refractivity contribution in [2.45, 2.75) is 12.8 Å². The van der Waals surface area contributed by atoms with Crippen LogP contribution >= 0.6 is 35.0 Å². The monoisotopic (exact) mass is 350 g/mol. The smallest absolute Gasteiger partial charge is 0.315 e. The van der Waals surface area contributed by atoms with Crippen LogP contribution in [0.2, 0.25) is 10.0 Å². The Morgan fingerprint density at radius 2 is 1.95 bits per heavy atom. The molecule has 21 heavy (non-hydrogen) atoms. The predicted octanol–water partition coefficient (Wildman–Crippen LogP) is 3.20. The van der Waals surface area contributed by atoms with Gasteiger partial charge in [0.25, 0.3) is 0 Å². The van der Waals surface area contributed by atoms with E-state index in [1.165, 1.54) is 31.0 Å². The molecule has 0 heterocycles. The van der Waals surface area contributed by atoms with Crippen molar-refractivity contribution in [1.29, 1.82) is 0 Å². The van der Waals surface area contributed by atoms with Crippen LogP contribution in [0.5, 0.6) is 0 Å². The quantitative estimate of drug-likeness (QED) is 0.448. The van der Waals surface area contributed by atoms with Crippen LogP contribution in [0.3, 0.4) is 0 Å². The molecule has 1 aromatic carbocycles. The number of ether oxygens (including phenoxy) is 1. The van der Waals surface area contributed by atoms with E-state index in [1.807, 2.05) is 0 Å². The molecule has 0 saturated heterocycles. The summed E-state index contributed by atoms with van der Waals surface area (Å²) in [7, 11) is 1.34. The zero-order chi connectivity index (χ0) is 15.8. The lowest BCUT2D eigenvalue weighted by atomic mass is 10.2. The number of carbonyl (C=O) groups excluding carboxylic acids is 2. The lowest BCUT2D eigenvalue weighted by Gasteiger charge is -2.10. The number of rotatable bonds is 7. The van der Waals surface area contributed by atoms with Gasteiger partial charge in [0.2, 0.25) is 5.91 Å². The summed E-state index contributed by atoms with van der Waals surface area (Å²) >= 11 is 13.4. The number of anilines is 2. The van der Waals surface area contributed by atoms with Crippen LogP contribution in [0.4, 0.5) is 11.4 Å². The van der Waals surface area contributed by atoms with E-state index in [9.17, 15) is 9.59 Å². The first kappa shape index (κ1) is 17.9. The number of nitrogens with one attached hydrogen (secondary N) is 1. The van der Waals surface area contributed by atoms with Crippen LogP contribution in [-0.2, 0) is 14.3 Å². The Hall–Kier alpha value is -1.11. The average molecular weight is 351 g/mol. The number of hydrogen-bond acceptors (Lipinski definition) is 5. The first-order valence-corrected chi connectivity index (χ1v) is 8.04. The summed E-state index contributed by atoms with van der Waals surface area (Å²) in [5.41, 5.74) is 6.38. The Morgan fingerprint density at radius 3 is 2.52 bits per heavy atom. The molecule has 0 aliphatic rings. The minimum absolute atomic E-state index is 0.192. The first-order chi connectivity index (χ1) is 9.93. The number of carbonyl (C=O) groups is 2. The van der Waals surface area contributed by atoms with Gasteiger partial charge in [-0.05, 0) is 24.3 Å². The molecule has 0 aromatic heterocycles. The van der Waals surface area contributed by atoms with Crippen LogP contribution < -0.4 is 11.1 Å². The molecule has 0 aliphatic heterocycles. The van der Waals surface area contributed by atoms with E-state index in [-0.39, 0.29) is 17.6 Å². The Labute approximate surface area is 137 Å². The van der Waals surface area contributed by atoms with Crippen molar-refractivity contribution >= 4 is 58.2 Å². The highest BCUT2D eigenvalue weighted by molar-refractivity contribution is 7.99. The number of nitrogen functional groups attached to an aromatic ring is 1. The molecule has 116 valence electrons. The standard InChI is InChI=1S/C13H16Cl2N2O3S/c1-20-12(19)7-21-4-2-3-11(18)17-13-9(14)5-8(16)6-10(13)15/h5-6H,2-4,7,16H2,1H3,(H,17,18). The zero-order valence-electron chi connectivity index (χ0n) is 11.4. The van der Waals surface area contributed by atoms with E-state index in [0.717, 1.165) is 0 Å². The van der Waals surface area contributed by atoms with Crippen molar-refractivity contribution in [3.05, 3.63) is 22.2 Å². The Bertz CT molecular complexity index is 503. The molecular weight excluding hydrogens is 335 g/mol. The summed E-state index contributed by atoms with van der Waals surface area (Å²) in [6.45, 7) is 0. The number of thioether (sulfide) groups is 1. The van der Waals surface area contributed by atoms with Crippen molar-refractivity contribution in [2.75, 3.05) is 29.7 Å². The van der Waals surface area contributed by atoms with Gasteiger partial charge in [-0.15, -0.1) is 0 Å². The van der Waals surface area contributed by atoms with Crippen molar-refractivity contribution < 1.29 is 14.3 Å². The first-order valence-electron chi connectivity index (χ1n) is 6.13. The number of hydrogen-bond donors (Lipinski definition) is 2. The molecule has 1 rings (SSSR count). The van der Waals surface area contributed by atoms with Gasteiger partial charge in [-0.25, -0.2) is 0 Å². The summed E-state index contributed by atoms with van der Waals surface area (Å²) in [5.74, 6) is 0.506. The molecule has 0 spiro atoms. The second-order valence-corrected chi connectivity index (χ2v) is 6.06. The van der Waals surface area contributed by atoms with E-state index < -0.39 is 0 Å². The summed E-state index contributed by atoms with van der Waals surface area (Å²) in [5, 5.41) is 3.26. The molecule has 0 atom stereocenters. The molecular formula is C13H16Cl2N2O3S. The highest BCUT2D eigenvalue weighted by atomic mass is 35.5. The fraction of sp³-hybridized carbons (Fsp3) is 0.385. The lowest BCUT2D eigenvalue weighted by molar-refractivity contribution is -0.137. The zero-order valence-corrected chi connectivity index (χ0v) is 13.8. The number of halogens is 2. The average Bonchev–Trinajstić information content (AvgIpc) is 2.42. The van der Waals surface area contributed by atoms with Gasteiger partial charge in [0.05, 0.1) is 28.6 Å². The van der Waals surface area contributed by atoms with Crippen molar-refractivity contribution in [2.24, 2.45) is 0 Å². The van der Waals surface area contributed by atoms with Crippen molar-refractivity contribution in [1.82, 2.24) is 0 Å². The van der Waals surface area contributed by atoms with E-state index in [1.54, 1.807) is 0 Å². The SMILES string of the molecule is COC(=O)CSCCCC(=O)Nc1c(Cl)cc(N)cc1Cl. The van der Waals surface area contributed by atoms with Gasteiger partial charge in [-0.1, -0.05) is 23.2 Å². The molecule has 0 bridgehead atoms. The third-order valence-corrected chi connectivity index (χ3v) is 4.08. The molecule has 0 aliphatic carbocycles. The fourth-order valence-electron chi connectivity index (χ4n) is 1.46. The number of esters is 1. The van der Waals surface area contributed by atoms with Gasteiger partial charge in [0.1, 0.15) is 0 Å². The van der Waals surface area contributed by atoms with Gasteiger partial charge < -0.3 is 15.8 Å². The molecule has 8 heteroatoms.